The van der Waals surface area contributed by atoms with E-state index in [-0.39, 0.29) is 5.91 Å². The van der Waals surface area contributed by atoms with E-state index in [0.717, 1.165) is 31.7 Å². The Hall–Kier alpha value is -1.58. The molecule has 2 heterocycles. The van der Waals surface area contributed by atoms with E-state index in [1.165, 1.54) is 5.56 Å². The number of pyridine rings is 1. The zero-order valence-electron chi connectivity index (χ0n) is 10.4. The average Bonchev–Trinajstić information content (AvgIpc) is 2.39. The minimum absolute atomic E-state index is 0.178. The summed E-state index contributed by atoms with van der Waals surface area (Å²) in [5.41, 5.74) is 1.27. The van der Waals surface area contributed by atoms with Crippen molar-refractivity contribution < 1.29 is 4.79 Å². The van der Waals surface area contributed by atoms with Crippen LogP contribution in [-0.2, 0) is 4.79 Å². The van der Waals surface area contributed by atoms with Crippen LogP contribution in [0.25, 0.3) is 0 Å². The van der Waals surface area contributed by atoms with Crippen LogP contribution < -0.4 is 5.32 Å². The van der Waals surface area contributed by atoms with Crippen LogP contribution in [-0.4, -0.2) is 35.9 Å². The van der Waals surface area contributed by atoms with Crippen molar-refractivity contribution in [3.63, 3.8) is 0 Å². The molecule has 17 heavy (non-hydrogen) atoms. The molecule has 1 amide bonds. The first-order chi connectivity index (χ1) is 8.20. The summed E-state index contributed by atoms with van der Waals surface area (Å²) in [6.45, 7) is 3.38. The van der Waals surface area contributed by atoms with E-state index in [9.17, 15) is 4.79 Å². The number of piperidine rings is 1. The molecule has 0 aliphatic carbocycles. The molecule has 4 nitrogen and oxygen atoms in total. The van der Waals surface area contributed by atoms with Crippen molar-refractivity contribution in [1.82, 2.24) is 9.88 Å². The number of hydrogen-bond donors (Lipinski definition) is 1. The molecule has 1 aromatic rings. The average molecular weight is 233 g/mol. The minimum Gasteiger partial charge on any atom is -0.373 e. The first-order valence-electron chi connectivity index (χ1n) is 6.10. The summed E-state index contributed by atoms with van der Waals surface area (Å²) in [5, 5.41) is 3.05. The van der Waals surface area contributed by atoms with Crippen molar-refractivity contribution in [3.05, 3.63) is 23.9 Å². The molecular formula is C13H19N3O. The van der Waals surface area contributed by atoms with E-state index in [4.69, 9.17) is 0 Å². The van der Waals surface area contributed by atoms with Gasteiger partial charge in [0, 0.05) is 39.2 Å². The Kier molecular flexibility index (Phi) is 3.61. The summed E-state index contributed by atoms with van der Waals surface area (Å²) >= 11 is 0. The number of nitrogens with zero attached hydrogens (tertiary/aromatic N) is 2. The molecule has 2 rings (SSSR count). The van der Waals surface area contributed by atoms with Gasteiger partial charge in [0.05, 0.1) is 0 Å². The lowest BCUT2D eigenvalue weighted by Crippen LogP contribution is -2.37. The van der Waals surface area contributed by atoms with Gasteiger partial charge in [-0.25, -0.2) is 4.98 Å². The Morgan fingerprint density at radius 1 is 1.59 bits per heavy atom. The molecule has 1 aliphatic heterocycles. The number of nitrogens with one attached hydrogen (secondary N) is 1. The standard InChI is InChI=1S/C13H19N3O/c1-10(17)16-7-3-4-12(9-16)11-5-6-15-13(8-11)14-2/h5-6,8,12H,3-4,7,9H2,1-2H3,(H,14,15). The van der Waals surface area contributed by atoms with Crippen molar-refractivity contribution >= 4 is 11.7 Å². The quantitative estimate of drug-likeness (QED) is 0.848. The highest BCUT2D eigenvalue weighted by molar-refractivity contribution is 5.73. The molecule has 1 aromatic heterocycles. The maximum atomic E-state index is 11.4. The zero-order valence-corrected chi connectivity index (χ0v) is 10.4. The van der Waals surface area contributed by atoms with Crippen molar-refractivity contribution in [2.75, 3.05) is 25.5 Å². The van der Waals surface area contributed by atoms with Gasteiger partial charge in [0.1, 0.15) is 5.82 Å². The minimum atomic E-state index is 0.178. The number of likely N-dealkylation sites (tertiary alicyclic amines) is 1. The van der Waals surface area contributed by atoms with Crippen molar-refractivity contribution in [3.8, 4) is 0 Å². The maximum Gasteiger partial charge on any atom is 0.219 e. The molecule has 1 fully saturated rings. The molecule has 1 saturated heterocycles. The smallest absolute Gasteiger partial charge is 0.219 e. The first kappa shape index (κ1) is 11.9. The lowest BCUT2D eigenvalue weighted by atomic mass is 9.91. The number of anilines is 1. The summed E-state index contributed by atoms with van der Waals surface area (Å²) in [6, 6.07) is 4.13. The number of rotatable bonds is 2. The number of aromatic nitrogens is 1. The van der Waals surface area contributed by atoms with Gasteiger partial charge >= 0.3 is 0 Å². The molecule has 4 heteroatoms. The Balaban J connectivity index is 2.13. The fraction of sp³-hybridized carbons (Fsp3) is 0.538. The summed E-state index contributed by atoms with van der Waals surface area (Å²) in [7, 11) is 1.87. The number of hydrogen-bond acceptors (Lipinski definition) is 3. The molecule has 0 bridgehead atoms. The third kappa shape index (κ3) is 2.75. The van der Waals surface area contributed by atoms with E-state index in [0.29, 0.717) is 5.92 Å². The van der Waals surface area contributed by atoms with Crippen LogP contribution in [0.15, 0.2) is 18.3 Å². The van der Waals surface area contributed by atoms with Crippen LogP contribution in [0.5, 0.6) is 0 Å². The topological polar surface area (TPSA) is 45.2 Å². The highest BCUT2D eigenvalue weighted by atomic mass is 16.2. The van der Waals surface area contributed by atoms with Crippen molar-refractivity contribution in [2.24, 2.45) is 0 Å². The zero-order chi connectivity index (χ0) is 12.3. The van der Waals surface area contributed by atoms with E-state index < -0.39 is 0 Å². The number of amides is 1. The lowest BCUT2D eigenvalue weighted by molar-refractivity contribution is -0.130. The van der Waals surface area contributed by atoms with Gasteiger partial charge in [0.2, 0.25) is 5.91 Å². The van der Waals surface area contributed by atoms with Gasteiger partial charge in [-0.1, -0.05) is 0 Å². The highest BCUT2D eigenvalue weighted by Gasteiger charge is 2.22. The lowest BCUT2D eigenvalue weighted by Gasteiger charge is -2.32. The fourth-order valence-electron chi connectivity index (χ4n) is 2.37. The normalized spacial score (nSPS) is 20.1. The van der Waals surface area contributed by atoms with Crippen molar-refractivity contribution in [2.45, 2.75) is 25.7 Å². The molecule has 92 valence electrons. The fourth-order valence-corrected chi connectivity index (χ4v) is 2.37. The van der Waals surface area contributed by atoms with Gasteiger partial charge in [-0.05, 0) is 30.5 Å². The summed E-state index contributed by atoms with van der Waals surface area (Å²) in [5.74, 6) is 1.52. The van der Waals surface area contributed by atoms with Gasteiger partial charge < -0.3 is 10.2 Å². The molecule has 1 aliphatic rings. The second-order valence-corrected chi connectivity index (χ2v) is 4.53. The molecule has 1 N–H and O–H groups in total. The van der Waals surface area contributed by atoms with E-state index in [1.807, 2.05) is 18.1 Å². The largest absolute Gasteiger partial charge is 0.373 e. The molecule has 0 aromatic carbocycles. The van der Waals surface area contributed by atoms with Crippen LogP contribution in [0.4, 0.5) is 5.82 Å². The van der Waals surface area contributed by atoms with Crippen LogP contribution in [0.1, 0.15) is 31.2 Å². The summed E-state index contributed by atoms with van der Waals surface area (Å²) < 4.78 is 0. The van der Waals surface area contributed by atoms with Gasteiger partial charge in [-0.2, -0.15) is 0 Å². The molecule has 0 radical (unpaired) electrons. The Bertz CT molecular complexity index is 405. The van der Waals surface area contributed by atoms with E-state index in [1.54, 1.807) is 6.92 Å². The Morgan fingerprint density at radius 3 is 3.12 bits per heavy atom. The maximum absolute atomic E-state index is 11.4. The van der Waals surface area contributed by atoms with Gasteiger partial charge in [0.25, 0.3) is 0 Å². The number of carbonyl (C=O) groups excluding carboxylic acids is 1. The van der Waals surface area contributed by atoms with Crippen LogP contribution in [0.3, 0.4) is 0 Å². The summed E-state index contributed by atoms with van der Waals surface area (Å²) in [6.07, 6.45) is 4.06. The van der Waals surface area contributed by atoms with Crippen LogP contribution in [0.2, 0.25) is 0 Å². The second kappa shape index (κ2) is 5.17. The Labute approximate surface area is 102 Å². The van der Waals surface area contributed by atoms with Gasteiger partial charge in [-0.3, -0.25) is 4.79 Å². The first-order valence-corrected chi connectivity index (χ1v) is 6.10. The molecule has 0 spiro atoms. The highest BCUT2D eigenvalue weighted by Crippen LogP contribution is 2.27. The van der Waals surface area contributed by atoms with E-state index >= 15 is 0 Å². The molecule has 1 unspecified atom stereocenters. The van der Waals surface area contributed by atoms with Gasteiger partial charge in [0.15, 0.2) is 0 Å². The third-order valence-corrected chi connectivity index (χ3v) is 3.38. The monoisotopic (exact) mass is 233 g/mol. The van der Waals surface area contributed by atoms with Crippen LogP contribution in [0, 0.1) is 0 Å². The van der Waals surface area contributed by atoms with E-state index in [2.05, 4.69) is 22.4 Å². The number of carbonyl (C=O) groups is 1. The summed E-state index contributed by atoms with van der Waals surface area (Å²) in [4.78, 5) is 17.6. The second-order valence-electron chi connectivity index (χ2n) is 4.53. The third-order valence-electron chi connectivity index (χ3n) is 3.38. The molecular weight excluding hydrogens is 214 g/mol. The molecule has 0 saturated carbocycles. The predicted octanol–water partition coefficient (Wildman–Crippen LogP) is 1.85. The van der Waals surface area contributed by atoms with Gasteiger partial charge in [-0.15, -0.1) is 0 Å². The van der Waals surface area contributed by atoms with Crippen LogP contribution >= 0.6 is 0 Å². The Morgan fingerprint density at radius 2 is 2.41 bits per heavy atom. The molecule has 1 atom stereocenters. The van der Waals surface area contributed by atoms with Crippen molar-refractivity contribution in [1.29, 1.82) is 0 Å². The SMILES string of the molecule is CNc1cc(C2CCCN(C(C)=O)C2)ccn1. The predicted molar refractivity (Wildman–Crippen MR) is 68.0 cm³/mol.